The third-order valence-electron chi connectivity index (χ3n) is 3.51. The maximum Gasteiger partial charge on any atom is 0.131 e. The van der Waals surface area contributed by atoms with Gasteiger partial charge in [-0.3, -0.25) is 0 Å². The minimum atomic E-state index is 0.183. The molecule has 0 bridgehead atoms. The van der Waals surface area contributed by atoms with Gasteiger partial charge in [-0.05, 0) is 28.8 Å². The summed E-state index contributed by atoms with van der Waals surface area (Å²) in [5.74, 6) is 2.45. The molecule has 3 heterocycles. The smallest absolute Gasteiger partial charge is 0.131 e. The number of rotatable bonds is 1. The summed E-state index contributed by atoms with van der Waals surface area (Å²) in [5.41, 5.74) is 3.59. The van der Waals surface area contributed by atoms with Crippen molar-refractivity contribution in [2.45, 2.75) is 5.92 Å². The van der Waals surface area contributed by atoms with E-state index in [2.05, 4.69) is 53.5 Å². The number of ether oxygens (including phenoxy) is 1. The number of hydrogen-bond donors (Lipinski definition) is 0. The summed E-state index contributed by atoms with van der Waals surface area (Å²) in [6.45, 7) is 0. The molecule has 3 aromatic rings. The number of fused-ring (bicyclic) bond motifs is 2. The number of benzene rings is 1. The topological polar surface area (TPSA) is 9.23 Å². The Morgan fingerprint density at radius 3 is 2.74 bits per heavy atom. The van der Waals surface area contributed by atoms with Crippen molar-refractivity contribution in [2.75, 3.05) is 0 Å². The van der Waals surface area contributed by atoms with Gasteiger partial charge < -0.3 is 4.74 Å². The molecule has 1 unspecified atom stereocenters. The van der Waals surface area contributed by atoms with Crippen LogP contribution in [0.5, 0.6) is 11.5 Å². The molecule has 1 nitrogen and oxygen atoms in total. The van der Waals surface area contributed by atoms with E-state index in [1.54, 1.807) is 0 Å². The summed E-state index contributed by atoms with van der Waals surface area (Å²) < 4.78 is 6.06. The van der Waals surface area contributed by atoms with Crippen LogP contribution in [0.3, 0.4) is 0 Å². The van der Waals surface area contributed by atoms with Gasteiger partial charge in [0, 0.05) is 25.5 Å². The lowest BCUT2D eigenvalue weighted by Gasteiger charge is -2.27. The second kappa shape index (κ2) is 4.44. The van der Waals surface area contributed by atoms with Crippen LogP contribution in [0.2, 0.25) is 0 Å². The van der Waals surface area contributed by atoms with Crippen molar-refractivity contribution in [3.8, 4) is 11.5 Å². The molecule has 1 aliphatic rings. The Hall–Kier alpha value is -1.71. The molecule has 4 rings (SSSR count). The lowest BCUT2D eigenvalue weighted by atomic mass is 9.92. The summed E-state index contributed by atoms with van der Waals surface area (Å²) in [4.78, 5) is 1.42. The molecule has 2 aromatic heterocycles. The van der Waals surface area contributed by atoms with Crippen molar-refractivity contribution in [1.82, 2.24) is 0 Å². The minimum absolute atomic E-state index is 0.183. The molecule has 0 N–H and O–H groups in total. The average molecular weight is 280 g/mol. The van der Waals surface area contributed by atoms with Crippen LogP contribution in [0, 0.1) is 0 Å². The fraction of sp³-hybridized carbons (Fsp3) is 0.0625. The largest absolute Gasteiger partial charge is 0.457 e. The molecule has 0 aliphatic carbocycles. The number of hydrogen-bond acceptors (Lipinski definition) is 2. The Balaban J connectivity index is 1.98. The average Bonchev–Trinajstić information content (AvgIpc) is 2.98. The van der Waals surface area contributed by atoms with Gasteiger partial charge in [-0.2, -0.15) is 0 Å². The van der Waals surface area contributed by atoms with Crippen LogP contribution in [-0.4, -0.2) is 9.12 Å². The van der Waals surface area contributed by atoms with Crippen LogP contribution in [0.15, 0.2) is 59.6 Å². The fourth-order valence-electron chi connectivity index (χ4n) is 2.67. The maximum absolute atomic E-state index is 6.06. The van der Waals surface area contributed by atoms with Gasteiger partial charge in [-0.25, -0.2) is 0 Å². The quantitative estimate of drug-likeness (QED) is 0.477. The molecule has 92 valence electrons. The Bertz CT molecular complexity index is 676. The SMILES string of the molecule is c1csc(C2c3ccccc3Oc3ccc[siH]c32)c1. The van der Waals surface area contributed by atoms with Crippen LogP contribution in [-0.2, 0) is 0 Å². The van der Waals surface area contributed by atoms with Gasteiger partial charge in [0.25, 0.3) is 0 Å². The van der Waals surface area contributed by atoms with Gasteiger partial charge >= 0.3 is 0 Å². The molecule has 0 saturated carbocycles. The molecule has 1 aliphatic heterocycles. The molecule has 1 aromatic carbocycles. The zero-order chi connectivity index (χ0) is 12.7. The molecule has 19 heavy (non-hydrogen) atoms. The van der Waals surface area contributed by atoms with Crippen LogP contribution < -0.4 is 4.74 Å². The van der Waals surface area contributed by atoms with Crippen LogP contribution in [0.4, 0.5) is 0 Å². The first kappa shape index (κ1) is 11.1. The van der Waals surface area contributed by atoms with Gasteiger partial charge in [-0.1, -0.05) is 36.0 Å². The molecule has 0 saturated heterocycles. The van der Waals surface area contributed by atoms with Crippen LogP contribution in [0.25, 0.3) is 0 Å². The van der Waals surface area contributed by atoms with Crippen LogP contribution in [0.1, 0.15) is 21.5 Å². The van der Waals surface area contributed by atoms with Crippen molar-refractivity contribution < 1.29 is 4.74 Å². The highest BCUT2D eigenvalue weighted by Gasteiger charge is 2.28. The van der Waals surface area contributed by atoms with Gasteiger partial charge in [-0.15, -0.1) is 11.3 Å². The molecule has 0 amide bonds. The Kier molecular flexibility index (Phi) is 2.60. The van der Waals surface area contributed by atoms with Crippen molar-refractivity contribution in [2.24, 2.45) is 0 Å². The monoisotopic (exact) mass is 280 g/mol. The standard InChI is InChI=1S/C16H12OSSi/c1-2-6-12-11(5-1)15(14-8-3-9-18-14)16-13(17-12)7-4-10-19-16/h1-10,15,19H. The first-order chi connectivity index (χ1) is 9.43. The summed E-state index contributed by atoms with van der Waals surface area (Å²) in [6, 6.07) is 17.0. The molecule has 1 atom stereocenters. The molecule has 0 spiro atoms. The first-order valence-corrected chi connectivity index (χ1v) is 8.45. The molecule has 3 heteroatoms. The lowest BCUT2D eigenvalue weighted by molar-refractivity contribution is 0.456. The number of thiophene rings is 1. The Morgan fingerprint density at radius 2 is 1.84 bits per heavy atom. The van der Waals surface area contributed by atoms with Gasteiger partial charge in [0.2, 0.25) is 0 Å². The second-order valence-corrected chi connectivity index (χ2v) is 6.95. The van der Waals surface area contributed by atoms with Gasteiger partial charge in [0.15, 0.2) is 0 Å². The maximum atomic E-state index is 6.06. The van der Waals surface area contributed by atoms with E-state index in [0.717, 1.165) is 11.5 Å². The summed E-state index contributed by atoms with van der Waals surface area (Å²) in [7, 11) is 0.183. The highest BCUT2D eigenvalue weighted by Crippen LogP contribution is 2.46. The zero-order valence-corrected chi connectivity index (χ0v) is 12.2. The normalized spacial score (nSPS) is 16.3. The zero-order valence-electron chi connectivity index (χ0n) is 10.2. The third kappa shape index (κ3) is 1.77. The van der Waals surface area contributed by atoms with E-state index in [9.17, 15) is 0 Å². The summed E-state index contributed by atoms with van der Waals surface area (Å²) >= 11 is 1.83. The Labute approximate surface area is 118 Å². The van der Waals surface area contributed by atoms with Gasteiger partial charge in [0.05, 0.1) is 0 Å². The fourth-order valence-corrected chi connectivity index (χ4v) is 4.95. The van der Waals surface area contributed by atoms with Crippen LogP contribution >= 0.6 is 11.3 Å². The second-order valence-electron chi connectivity index (χ2n) is 4.63. The number of para-hydroxylation sites is 1. The molecule has 0 radical (unpaired) electrons. The Morgan fingerprint density at radius 1 is 0.947 bits per heavy atom. The van der Waals surface area contributed by atoms with E-state index < -0.39 is 0 Å². The van der Waals surface area contributed by atoms with Crippen molar-refractivity contribution in [3.05, 3.63) is 75.2 Å². The highest BCUT2D eigenvalue weighted by molar-refractivity contribution is 7.10. The van der Waals surface area contributed by atoms with E-state index in [1.165, 1.54) is 15.6 Å². The van der Waals surface area contributed by atoms with Crippen molar-refractivity contribution >= 4 is 20.5 Å². The summed E-state index contributed by atoms with van der Waals surface area (Å²) in [6.07, 6.45) is 0. The highest BCUT2D eigenvalue weighted by atomic mass is 32.1. The van der Waals surface area contributed by atoms with E-state index >= 15 is 0 Å². The van der Waals surface area contributed by atoms with Crippen molar-refractivity contribution in [1.29, 1.82) is 0 Å². The minimum Gasteiger partial charge on any atom is -0.457 e. The predicted octanol–water partition coefficient (Wildman–Crippen LogP) is 4.10. The van der Waals surface area contributed by atoms with E-state index in [-0.39, 0.29) is 9.12 Å². The third-order valence-corrected chi connectivity index (χ3v) is 5.84. The lowest BCUT2D eigenvalue weighted by Crippen LogP contribution is -2.12. The molecular formula is C16H12OSSi. The van der Waals surface area contributed by atoms with E-state index in [4.69, 9.17) is 4.74 Å². The van der Waals surface area contributed by atoms with Gasteiger partial charge in [0.1, 0.15) is 11.5 Å². The van der Waals surface area contributed by atoms with E-state index in [1.807, 2.05) is 17.4 Å². The molecule has 0 fully saturated rings. The van der Waals surface area contributed by atoms with E-state index in [0.29, 0.717) is 5.92 Å². The van der Waals surface area contributed by atoms with Crippen molar-refractivity contribution in [3.63, 3.8) is 0 Å². The molecular weight excluding hydrogens is 268 g/mol. The predicted molar refractivity (Wildman–Crippen MR) is 81.0 cm³/mol. The first-order valence-electron chi connectivity index (χ1n) is 6.32. The summed E-state index contributed by atoms with van der Waals surface area (Å²) in [5, 5.41) is 3.62.